The van der Waals surface area contributed by atoms with Gasteiger partial charge in [-0.2, -0.15) is 10.1 Å². The Balaban J connectivity index is 1.61. The minimum atomic E-state index is -0.401. The van der Waals surface area contributed by atoms with Crippen LogP contribution in [0.25, 0.3) is 0 Å². The zero-order chi connectivity index (χ0) is 21.3. The Kier molecular flexibility index (Phi) is 5.35. The summed E-state index contributed by atoms with van der Waals surface area (Å²) < 4.78 is 7.08. The van der Waals surface area contributed by atoms with Gasteiger partial charge in [0, 0.05) is 37.9 Å². The molecule has 4 rings (SSSR count). The second-order valence-electron chi connectivity index (χ2n) is 7.44. The number of carbonyl (C=O) groups is 2. The Morgan fingerprint density at radius 2 is 1.83 bits per heavy atom. The minimum absolute atomic E-state index is 0.126. The number of hydrogen-bond acceptors (Lipinski definition) is 6. The monoisotopic (exact) mass is 408 g/mol. The Labute approximate surface area is 174 Å². The SMILES string of the molecule is Cc1noc(C2CCN(C(=O)c3cc(C)n(C)n3)CCN2C(=O)c2ccccc2)n1. The highest BCUT2D eigenvalue weighted by molar-refractivity contribution is 5.95. The van der Waals surface area contributed by atoms with Gasteiger partial charge in [-0.3, -0.25) is 14.3 Å². The molecule has 3 heterocycles. The van der Waals surface area contributed by atoms with E-state index in [9.17, 15) is 9.59 Å². The van der Waals surface area contributed by atoms with Crippen molar-refractivity contribution < 1.29 is 14.1 Å². The summed E-state index contributed by atoms with van der Waals surface area (Å²) in [4.78, 5) is 34.1. The molecule has 1 atom stereocenters. The summed E-state index contributed by atoms with van der Waals surface area (Å²) in [5.74, 6) is 0.630. The summed E-state index contributed by atoms with van der Waals surface area (Å²) >= 11 is 0. The van der Waals surface area contributed by atoms with Crippen molar-refractivity contribution in [2.24, 2.45) is 7.05 Å². The quantitative estimate of drug-likeness (QED) is 0.659. The van der Waals surface area contributed by atoms with Crippen LogP contribution in [0.1, 0.15) is 50.7 Å². The molecule has 1 fully saturated rings. The van der Waals surface area contributed by atoms with Gasteiger partial charge < -0.3 is 14.3 Å². The first-order chi connectivity index (χ1) is 14.4. The first kappa shape index (κ1) is 19.8. The van der Waals surface area contributed by atoms with Crippen LogP contribution in [0.15, 0.2) is 40.9 Å². The third-order valence-corrected chi connectivity index (χ3v) is 5.39. The van der Waals surface area contributed by atoms with E-state index in [2.05, 4.69) is 15.2 Å². The average molecular weight is 408 g/mol. The number of nitrogens with zero attached hydrogens (tertiary/aromatic N) is 6. The number of amides is 2. The van der Waals surface area contributed by atoms with E-state index in [0.29, 0.717) is 49.0 Å². The van der Waals surface area contributed by atoms with E-state index >= 15 is 0 Å². The van der Waals surface area contributed by atoms with E-state index < -0.39 is 6.04 Å². The number of rotatable bonds is 3. The maximum atomic E-state index is 13.3. The predicted octanol–water partition coefficient (Wildman–Crippen LogP) is 2.15. The molecule has 30 heavy (non-hydrogen) atoms. The van der Waals surface area contributed by atoms with Gasteiger partial charge in [-0.05, 0) is 38.5 Å². The molecule has 0 saturated carbocycles. The lowest BCUT2D eigenvalue weighted by atomic mass is 10.1. The number of aromatic nitrogens is 4. The van der Waals surface area contributed by atoms with Crippen LogP contribution in [0.3, 0.4) is 0 Å². The van der Waals surface area contributed by atoms with Gasteiger partial charge in [-0.15, -0.1) is 0 Å². The van der Waals surface area contributed by atoms with Crippen molar-refractivity contribution in [1.82, 2.24) is 29.7 Å². The van der Waals surface area contributed by atoms with Gasteiger partial charge in [0.25, 0.3) is 11.8 Å². The van der Waals surface area contributed by atoms with Gasteiger partial charge in [0.2, 0.25) is 5.89 Å². The molecule has 2 amide bonds. The fraction of sp³-hybridized carbons (Fsp3) is 0.381. The molecule has 0 spiro atoms. The summed E-state index contributed by atoms with van der Waals surface area (Å²) in [5.41, 5.74) is 1.90. The van der Waals surface area contributed by atoms with Crippen LogP contribution in [0, 0.1) is 13.8 Å². The van der Waals surface area contributed by atoms with E-state index in [-0.39, 0.29) is 11.8 Å². The van der Waals surface area contributed by atoms with E-state index in [1.165, 1.54) is 0 Å². The molecule has 0 N–H and O–H groups in total. The maximum Gasteiger partial charge on any atom is 0.274 e. The molecule has 0 bridgehead atoms. The minimum Gasteiger partial charge on any atom is -0.337 e. The largest absolute Gasteiger partial charge is 0.337 e. The first-order valence-electron chi connectivity index (χ1n) is 9.90. The highest BCUT2D eigenvalue weighted by Crippen LogP contribution is 2.28. The van der Waals surface area contributed by atoms with Gasteiger partial charge in [0.15, 0.2) is 11.5 Å². The van der Waals surface area contributed by atoms with Gasteiger partial charge in [0.1, 0.15) is 6.04 Å². The topological polar surface area (TPSA) is 97.4 Å². The lowest BCUT2D eigenvalue weighted by molar-refractivity contribution is 0.0641. The third kappa shape index (κ3) is 3.83. The molecule has 2 aromatic heterocycles. The lowest BCUT2D eigenvalue weighted by Crippen LogP contribution is -2.38. The lowest BCUT2D eigenvalue weighted by Gasteiger charge is -2.27. The van der Waals surface area contributed by atoms with E-state index in [1.807, 2.05) is 32.2 Å². The Morgan fingerprint density at radius 1 is 1.07 bits per heavy atom. The number of aryl methyl sites for hydroxylation is 3. The van der Waals surface area contributed by atoms with Crippen molar-refractivity contribution in [2.75, 3.05) is 19.6 Å². The average Bonchev–Trinajstić information content (AvgIpc) is 3.25. The fourth-order valence-electron chi connectivity index (χ4n) is 3.66. The van der Waals surface area contributed by atoms with Crippen molar-refractivity contribution in [3.8, 4) is 0 Å². The van der Waals surface area contributed by atoms with Crippen LogP contribution in [0.2, 0.25) is 0 Å². The number of benzene rings is 1. The Morgan fingerprint density at radius 3 is 2.47 bits per heavy atom. The van der Waals surface area contributed by atoms with Gasteiger partial charge >= 0.3 is 0 Å². The summed E-state index contributed by atoms with van der Waals surface area (Å²) in [7, 11) is 1.81. The van der Waals surface area contributed by atoms with Gasteiger partial charge in [-0.1, -0.05) is 23.4 Å². The zero-order valence-corrected chi connectivity index (χ0v) is 17.3. The van der Waals surface area contributed by atoms with Crippen molar-refractivity contribution >= 4 is 11.8 Å². The first-order valence-corrected chi connectivity index (χ1v) is 9.90. The molecule has 156 valence electrons. The molecule has 1 aliphatic rings. The van der Waals surface area contributed by atoms with E-state index in [0.717, 1.165) is 5.69 Å². The van der Waals surface area contributed by atoms with Crippen molar-refractivity contribution in [1.29, 1.82) is 0 Å². The van der Waals surface area contributed by atoms with Crippen LogP contribution >= 0.6 is 0 Å². The highest BCUT2D eigenvalue weighted by Gasteiger charge is 2.34. The Hall–Kier alpha value is -3.49. The van der Waals surface area contributed by atoms with Crippen LogP contribution < -0.4 is 0 Å². The summed E-state index contributed by atoms with van der Waals surface area (Å²) in [5, 5.41) is 8.19. The standard InChI is InChI=1S/C21H24N6O3/c1-14-13-17(23-25(14)3)21(29)26-10-9-18(19-22-15(2)24-30-19)27(12-11-26)20(28)16-7-5-4-6-8-16/h4-8,13,18H,9-12H2,1-3H3. The molecule has 3 aromatic rings. The normalized spacial score (nSPS) is 17.1. The number of hydrogen-bond donors (Lipinski definition) is 0. The van der Waals surface area contributed by atoms with Crippen molar-refractivity contribution in [3.63, 3.8) is 0 Å². The molecule has 1 saturated heterocycles. The van der Waals surface area contributed by atoms with Gasteiger partial charge in [0.05, 0.1) is 0 Å². The molecule has 1 aromatic carbocycles. The third-order valence-electron chi connectivity index (χ3n) is 5.39. The number of carbonyl (C=O) groups excluding carboxylic acids is 2. The second kappa shape index (κ2) is 8.10. The van der Waals surface area contributed by atoms with Crippen LogP contribution in [-0.4, -0.2) is 61.2 Å². The second-order valence-corrected chi connectivity index (χ2v) is 7.44. The molecule has 9 heteroatoms. The van der Waals surface area contributed by atoms with Crippen LogP contribution in [-0.2, 0) is 7.05 Å². The van der Waals surface area contributed by atoms with Gasteiger partial charge in [-0.25, -0.2) is 0 Å². The molecule has 1 aliphatic heterocycles. The molecule has 1 unspecified atom stereocenters. The summed E-state index contributed by atoms with van der Waals surface area (Å²) in [6.07, 6.45) is 0.498. The molecular formula is C21H24N6O3. The van der Waals surface area contributed by atoms with Crippen LogP contribution in [0.4, 0.5) is 0 Å². The van der Waals surface area contributed by atoms with Crippen LogP contribution in [0.5, 0.6) is 0 Å². The summed E-state index contributed by atoms with van der Waals surface area (Å²) in [6.45, 7) is 4.86. The fourth-order valence-corrected chi connectivity index (χ4v) is 3.66. The van der Waals surface area contributed by atoms with E-state index in [1.54, 1.807) is 39.6 Å². The van der Waals surface area contributed by atoms with Crippen molar-refractivity contribution in [3.05, 3.63) is 65.1 Å². The highest BCUT2D eigenvalue weighted by atomic mass is 16.5. The molecule has 0 radical (unpaired) electrons. The van der Waals surface area contributed by atoms with E-state index in [4.69, 9.17) is 4.52 Å². The molecule has 0 aliphatic carbocycles. The Bertz CT molecular complexity index is 1040. The predicted molar refractivity (Wildman–Crippen MR) is 108 cm³/mol. The zero-order valence-electron chi connectivity index (χ0n) is 17.3. The molecular weight excluding hydrogens is 384 g/mol. The molecule has 9 nitrogen and oxygen atoms in total. The van der Waals surface area contributed by atoms with Crippen molar-refractivity contribution in [2.45, 2.75) is 26.3 Å². The smallest absolute Gasteiger partial charge is 0.274 e. The summed E-state index contributed by atoms with van der Waals surface area (Å²) in [6, 6.07) is 10.5. The maximum absolute atomic E-state index is 13.3.